The molecule has 4 aliphatic carbocycles. The van der Waals surface area contributed by atoms with Gasteiger partial charge in [-0.05, 0) is 36.8 Å². The summed E-state index contributed by atoms with van der Waals surface area (Å²) < 4.78 is 35.5. The fourth-order valence-corrected chi connectivity index (χ4v) is 9.77. The minimum Gasteiger partial charge on any atom is -0.459 e. The van der Waals surface area contributed by atoms with Crippen LogP contribution < -0.4 is 0 Å². The second-order valence-electron chi connectivity index (χ2n) is 15.4. The lowest BCUT2D eigenvalue weighted by Crippen LogP contribution is -2.70. The number of fused-ring (bicyclic) bond motifs is 5. The summed E-state index contributed by atoms with van der Waals surface area (Å²) in [4.78, 5) is 92.6. The normalized spacial score (nSPS) is 37.5. The molecule has 0 aliphatic heterocycles. The number of rotatable bonds is 8. The van der Waals surface area contributed by atoms with Crippen LogP contribution in [0.5, 0.6) is 0 Å². The lowest BCUT2D eigenvalue weighted by Gasteiger charge is -2.58. The van der Waals surface area contributed by atoms with E-state index in [-0.39, 0.29) is 30.6 Å². The van der Waals surface area contributed by atoms with Crippen molar-refractivity contribution < 1.29 is 67.1 Å². The first-order valence-electron chi connectivity index (χ1n) is 17.1. The van der Waals surface area contributed by atoms with Gasteiger partial charge in [-0.3, -0.25) is 24.0 Å². The molecule has 0 unspecified atom stereocenters. The predicted octanol–water partition coefficient (Wildman–Crippen LogP) is 2.89. The number of Topliss-reactive ketones (excluding diaryl/α,β-unsaturated/α-hetero) is 1. The quantitative estimate of drug-likeness (QED) is 0.305. The van der Waals surface area contributed by atoms with Gasteiger partial charge in [0.1, 0.15) is 23.6 Å². The standard InChI is InChI=1S/C37H46O14/c1-18-14-36(45)27(28(18)50-31(44)23-12-10-9-11-13-23)30(49-26(42)17-46-19(2)38)37(51-22(5)41)15-24-25(16-34(6,7)29(24)43)35(8,32(36)47-20(3)39)33(37)48-21(4)40/h9-13,18,24-25,27-28,30,32-33,45H,14-17H2,1-8H3/t18-,24-,25+,27-,28-,30-,32+,33-,35-,36-,37-/m1/s1. The maximum Gasteiger partial charge on any atom is 0.344 e. The van der Waals surface area contributed by atoms with E-state index in [1.807, 2.05) is 0 Å². The number of ketones is 1. The molecular formula is C37H46O14. The second-order valence-corrected chi connectivity index (χ2v) is 15.4. The Balaban J connectivity index is 1.85. The van der Waals surface area contributed by atoms with E-state index < -0.39 is 113 Å². The molecule has 4 saturated carbocycles. The molecule has 0 radical (unpaired) electrons. The van der Waals surface area contributed by atoms with E-state index in [9.17, 15) is 38.7 Å². The van der Waals surface area contributed by atoms with Crippen LogP contribution in [0, 0.1) is 34.5 Å². The predicted molar refractivity (Wildman–Crippen MR) is 173 cm³/mol. The van der Waals surface area contributed by atoms with E-state index in [1.54, 1.807) is 45.9 Å². The maximum absolute atomic E-state index is 14.2. The van der Waals surface area contributed by atoms with Crippen LogP contribution >= 0.6 is 0 Å². The Bertz CT molecular complexity index is 1620. The highest BCUT2D eigenvalue weighted by Crippen LogP contribution is 2.69. The van der Waals surface area contributed by atoms with E-state index in [2.05, 4.69) is 0 Å². The van der Waals surface area contributed by atoms with Gasteiger partial charge in [0.25, 0.3) is 0 Å². The molecule has 0 amide bonds. The number of hydrogen-bond donors (Lipinski definition) is 1. The summed E-state index contributed by atoms with van der Waals surface area (Å²) in [6, 6.07) is 8.03. The van der Waals surface area contributed by atoms with Crippen LogP contribution in [0.25, 0.3) is 0 Å². The third-order valence-corrected chi connectivity index (χ3v) is 11.3. The SMILES string of the molecule is CC(=O)OCC(=O)O[C@@H]1[C@H]2[C@H](OC(=O)c3ccccc3)[C@H](C)C[C@]2(O)[C@@H](OC(C)=O)[C@@]2(C)[C@H]3CC(C)(C)C(=O)[C@@H]3C[C@]1(OC(C)=O)[C@@H]2OC(C)=O. The molecule has 11 atom stereocenters. The van der Waals surface area contributed by atoms with E-state index in [4.69, 9.17) is 28.4 Å². The molecule has 5 rings (SSSR count). The van der Waals surface area contributed by atoms with Crippen LogP contribution in [0.1, 0.15) is 85.0 Å². The molecule has 14 nitrogen and oxygen atoms in total. The van der Waals surface area contributed by atoms with Crippen LogP contribution in [0.2, 0.25) is 0 Å². The van der Waals surface area contributed by atoms with Crippen LogP contribution in [-0.4, -0.2) is 88.9 Å². The van der Waals surface area contributed by atoms with Gasteiger partial charge in [0.2, 0.25) is 0 Å². The molecule has 0 heterocycles. The minimum absolute atomic E-state index is 0.175. The van der Waals surface area contributed by atoms with Crippen molar-refractivity contribution in [3.05, 3.63) is 35.9 Å². The van der Waals surface area contributed by atoms with Crippen LogP contribution in [-0.2, 0) is 57.2 Å². The van der Waals surface area contributed by atoms with Crippen molar-refractivity contribution in [3.8, 4) is 0 Å². The van der Waals surface area contributed by atoms with Gasteiger partial charge < -0.3 is 33.5 Å². The van der Waals surface area contributed by atoms with Crippen molar-refractivity contribution in [2.24, 2.45) is 34.5 Å². The van der Waals surface area contributed by atoms with Crippen LogP contribution in [0.4, 0.5) is 0 Å². The highest BCUT2D eigenvalue weighted by Gasteiger charge is 2.82. The van der Waals surface area contributed by atoms with Gasteiger partial charge in [-0.25, -0.2) is 9.59 Å². The second kappa shape index (κ2) is 13.3. The lowest BCUT2D eigenvalue weighted by molar-refractivity contribution is -0.269. The van der Waals surface area contributed by atoms with E-state index >= 15 is 0 Å². The van der Waals surface area contributed by atoms with Crippen molar-refractivity contribution in [1.82, 2.24) is 0 Å². The molecule has 0 spiro atoms. The Morgan fingerprint density at radius 2 is 1.39 bits per heavy atom. The maximum atomic E-state index is 14.2. The fraction of sp³-hybridized carbons (Fsp3) is 0.649. The molecule has 51 heavy (non-hydrogen) atoms. The van der Waals surface area contributed by atoms with Crippen LogP contribution in [0.15, 0.2) is 30.3 Å². The first kappa shape index (κ1) is 37.9. The van der Waals surface area contributed by atoms with Crippen molar-refractivity contribution >= 4 is 41.6 Å². The summed E-state index contributed by atoms with van der Waals surface area (Å²) in [5.74, 6) is -9.32. The fourth-order valence-electron chi connectivity index (χ4n) is 9.77. The molecule has 0 aromatic heterocycles. The zero-order valence-electron chi connectivity index (χ0n) is 30.1. The number of esters is 6. The largest absolute Gasteiger partial charge is 0.459 e. The van der Waals surface area contributed by atoms with Crippen LogP contribution in [0.3, 0.4) is 0 Å². The average molecular weight is 715 g/mol. The molecule has 4 aliphatic rings. The van der Waals surface area contributed by atoms with Gasteiger partial charge in [-0.15, -0.1) is 0 Å². The molecule has 278 valence electrons. The molecule has 14 heteroatoms. The monoisotopic (exact) mass is 714 g/mol. The number of benzene rings is 1. The van der Waals surface area contributed by atoms with E-state index in [1.165, 1.54) is 12.1 Å². The molecule has 0 saturated heterocycles. The average Bonchev–Trinajstić information content (AvgIpc) is 3.41. The molecular weight excluding hydrogens is 668 g/mol. The van der Waals surface area contributed by atoms with E-state index in [0.717, 1.165) is 27.7 Å². The van der Waals surface area contributed by atoms with Gasteiger partial charge in [-0.2, -0.15) is 0 Å². The molecule has 2 bridgehead atoms. The van der Waals surface area contributed by atoms with Gasteiger partial charge in [0.15, 0.2) is 24.4 Å². The van der Waals surface area contributed by atoms with Crippen molar-refractivity contribution in [3.63, 3.8) is 0 Å². The van der Waals surface area contributed by atoms with Crippen molar-refractivity contribution in [2.75, 3.05) is 6.61 Å². The Morgan fingerprint density at radius 1 is 0.784 bits per heavy atom. The number of carbonyl (C=O) groups is 7. The highest BCUT2D eigenvalue weighted by atomic mass is 16.6. The summed E-state index contributed by atoms with van der Waals surface area (Å²) in [5, 5.41) is 13.2. The Labute approximate surface area is 295 Å². The zero-order valence-corrected chi connectivity index (χ0v) is 30.1. The minimum atomic E-state index is -2.22. The van der Waals surface area contributed by atoms with E-state index in [0.29, 0.717) is 0 Å². The van der Waals surface area contributed by atoms with Crippen molar-refractivity contribution in [2.45, 2.75) is 110 Å². The number of hydrogen-bond acceptors (Lipinski definition) is 14. The first-order valence-corrected chi connectivity index (χ1v) is 17.1. The van der Waals surface area contributed by atoms with Gasteiger partial charge in [0, 0.05) is 45.4 Å². The highest BCUT2D eigenvalue weighted by molar-refractivity contribution is 5.90. The first-order chi connectivity index (χ1) is 23.7. The number of carbonyl (C=O) groups excluding carboxylic acids is 7. The molecule has 1 aromatic rings. The summed E-state index contributed by atoms with van der Waals surface area (Å²) in [7, 11) is 0. The third-order valence-electron chi connectivity index (χ3n) is 11.3. The van der Waals surface area contributed by atoms with Gasteiger partial charge >= 0.3 is 35.8 Å². The Kier molecular flexibility index (Phi) is 9.91. The summed E-state index contributed by atoms with van der Waals surface area (Å²) >= 11 is 0. The molecule has 1 aromatic carbocycles. The zero-order chi connectivity index (χ0) is 37.8. The molecule has 4 fully saturated rings. The lowest BCUT2D eigenvalue weighted by atomic mass is 9.53. The topological polar surface area (TPSA) is 195 Å². The van der Waals surface area contributed by atoms with Gasteiger partial charge in [-0.1, -0.05) is 45.9 Å². The number of ether oxygens (including phenoxy) is 6. The third kappa shape index (κ3) is 6.40. The van der Waals surface area contributed by atoms with Gasteiger partial charge in [0.05, 0.1) is 16.9 Å². The Hall–Kier alpha value is -4.33. The summed E-state index contributed by atoms with van der Waals surface area (Å²) in [6.07, 6.45) is -6.55. The van der Waals surface area contributed by atoms with Crippen molar-refractivity contribution in [1.29, 1.82) is 0 Å². The summed E-state index contributed by atoms with van der Waals surface area (Å²) in [5.41, 5.74) is -6.86. The Morgan fingerprint density at radius 3 is 1.96 bits per heavy atom. The molecule has 1 N–H and O–H groups in total. The number of aliphatic hydroxyl groups is 1. The summed E-state index contributed by atoms with van der Waals surface area (Å²) in [6.45, 7) is 10.4. The smallest absolute Gasteiger partial charge is 0.344 e.